The molecule has 210 valence electrons. The SMILES string of the molecule is Cc1ccccc1CNC(=O)C1N(C(=O)C(O)C(Cc2ccccc2)NC(=O)c2cnccc2Cl)CSC1(C)C. The zero-order valence-corrected chi connectivity index (χ0v) is 24.2. The highest BCUT2D eigenvalue weighted by atomic mass is 35.5. The van der Waals surface area contributed by atoms with Gasteiger partial charge in [-0.1, -0.05) is 66.2 Å². The maximum Gasteiger partial charge on any atom is 0.254 e. The van der Waals surface area contributed by atoms with Crippen LogP contribution < -0.4 is 10.6 Å². The highest BCUT2D eigenvalue weighted by Crippen LogP contribution is 2.40. The van der Waals surface area contributed by atoms with Crippen LogP contribution in [0.15, 0.2) is 73.1 Å². The summed E-state index contributed by atoms with van der Waals surface area (Å²) in [5, 5.41) is 17.3. The van der Waals surface area contributed by atoms with Gasteiger partial charge >= 0.3 is 0 Å². The van der Waals surface area contributed by atoms with Crippen molar-refractivity contribution in [3.63, 3.8) is 0 Å². The lowest BCUT2D eigenvalue weighted by atomic mass is 9.97. The maximum absolute atomic E-state index is 13.8. The van der Waals surface area contributed by atoms with E-state index in [0.29, 0.717) is 6.54 Å². The number of halogens is 1. The lowest BCUT2D eigenvalue weighted by Gasteiger charge is -2.33. The summed E-state index contributed by atoms with van der Waals surface area (Å²) in [7, 11) is 0. The number of carbonyl (C=O) groups is 3. The van der Waals surface area contributed by atoms with Crippen molar-refractivity contribution in [1.29, 1.82) is 0 Å². The third-order valence-electron chi connectivity index (χ3n) is 7.05. The summed E-state index contributed by atoms with van der Waals surface area (Å²) in [5.74, 6) is -1.27. The second-order valence-corrected chi connectivity index (χ2v) is 12.3. The van der Waals surface area contributed by atoms with Crippen molar-refractivity contribution in [3.05, 3.63) is 100 Å². The molecular weight excluding hydrogens is 548 g/mol. The van der Waals surface area contributed by atoms with E-state index in [1.165, 1.54) is 35.1 Å². The molecule has 3 amide bonds. The van der Waals surface area contributed by atoms with Gasteiger partial charge in [-0.25, -0.2) is 0 Å². The molecule has 0 saturated carbocycles. The molecule has 8 nitrogen and oxygen atoms in total. The quantitative estimate of drug-likeness (QED) is 0.355. The van der Waals surface area contributed by atoms with Gasteiger partial charge in [0, 0.05) is 23.7 Å². The molecule has 1 saturated heterocycles. The molecule has 1 aliphatic heterocycles. The Balaban J connectivity index is 1.55. The number of aliphatic hydroxyl groups is 1. The van der Waals surface area contributed by atoms with E-state index < -0.39 is 34.7 Å². The van der Waals surface area contributed by atoms with E-state index >= 15 is 0 Å². The molecule has 0 spiro atoms. The first-order valence-electron chi connectivity index (χ1n) is 13.0. The number of nitrogens with one attached hydrogen (secondary N) is 2. The van der Waals surface area contributed by atoms with Crippen molar-refractivity contribution < 1.29 is 19.5 Å². The molecule has 1 aliphatic rings. The normalized spacial score (nSPS) is 17.6. The van der Waals surface area contributed by atoms with E-state index in [4.69, 9.17) is 11.6 Å². The number of aliphatic hydroxyl groups excluding tert-OH is 1. The van der Waals surface area contributed by atoms with Gasteiger partial charge in [-0.15, -0.1) is 11.8 Å². The van der Waals surface area contributed by atoms with Gasteiger partial charge in [0.15, 0.2) is 6.10 Å². The molecule has 4 rings (SSSR count). The third-order valence-corrected chi connectivity index (χ3v) is 8.76. The standard InChI is InChI=1S/C30H33ClN4O4S/c1-19-9-7-8-12-21(19)16-33-28(38)26-30(2,3)40-18-35(26)29(39)25(36)24(15-20-10-5-4-6-11-20)34-27(37)22-17-32-14-13-23(22)31/h4-14,17,24-26,36H,15-16,18H2,1-3H3,(H,33,38)(H,34,37). The molecule has 1 fully saturated rings. The first kappa shape index (κ1) is 29.6. The number of pyridine rings is 1. The van der Waals surface area contributed by atoms with E-state index in [0.717, 1.165) is 16.7 Å². The number of nitrogens with zero attached hydrogens (tertiary/aromatic N) is 2. The predicted octanol–water partition coefficient (Wildman–Crippen LogP) is 3.74. The first-order chi connectivity index (χ1) is 19.1. The summed E-state index contributed by atoms with van der Waals surface area (Å²) < 4.78 is -0.591. The van der Waals surface area contributed by atoms with Crippen LogP contribution in [0.3, 0.4) is 0 Å². The summed E-state index contributed by atoms with van der Waals surface area (Å²) in [6.07, 6.45) is 1.38. The zero-order valence-electron chi connectivity index (χ0n) is 22.6. The minimum atomic E-state index is -1.61. The van der Waals surface area contributed by atoms with Crippen molar-refractivity contribution in [2.75, 3.05) is 5.88 Å². The van der Waals surface area contributed by atoms with Crippen LogP contribution in [0.25, 0.3) is 0 Å². The number of thioether (sulfide) groups is 1. The van der Waals surface area contributed by atoms with E-state index in [-0.39, 0.29) is 28.8 Å². The Hall–Kier alpha value is -3.40. The lowest BCUT2D eigenvalue weighted by Crippen LogP contribution is -2.58. The Morgan fingerprint density at radius 1 is 1.12 bits per heavy atom. The van der Waals surface area contributed by atoms with Crippen molar-refractivity contribution in [1.82, 2.24) is 20.5 Å². The van der Waals surface area contributed by atoms with Crippen LogP contribution in [0.4, 0.5) is 0 Å². The minimum absolute atomic E-state index is 0.133. The van der Waals surface area contributed by atoms with Gasteiger partial charge in [0.05, 0.1) is 22.5 Å². The second kappa shape index (κ2) is 12.8. The van der Waals surface area contributed by atoms with Crippen molar-refractivity contribution >= 4 is 41.1 Å². The van der Waals surface area contributed by atoms with Crippen LogP contribution >= 0.6 is 23.4 Å². The average molecular weight is 581 g/mol. The highest BCUT2D eigenvalue weighted by molar-refractivity contribution is 8.00. The molecule has 3 unspecified atom stereocenters. The Morgan fingerprint density at radius 2 is 1.82 bits per heavy atom. The molecule has 0 radical (unpaired) electrons. The summed E-state index contributed by atoms with van der Waals surface area (Å²) in [6, 6.07) is 16.7. The van der Waals surface area contributed by atoms with Crippen LogP contribution in [0.2, 0.25) is 5.02 Å². The summed E-state index contributed by atoms with van der Waals surface area (Å²) in [4.78, 5) is 45.7. The number of benzene rings is 2. The average Bonchev–Trinajstić information content (AvgIpc) is 3.26. The first-order valence-corrected chi connectivity index (χ1v) is 14.3. The maximum atomic E-state index is 13.8. The molecule has 40 heavy (non-hydrogen) atoms. The van der Waals surface area contributed by atoms with Gasteiger partial charge in [0.2, 0.25) is 5.91 Å². The molecule has 10 heteroatoms. The van der Waals surface area contributed by atoms with Crippen LogP contribution in [-0.4, -0.2) is 61.5 Å². The molecule has 2 heterocycles. The van der Waals surface area contributed by atoms with E-state index in [1.807, 2.05) is 75.4 Å². The van der Waals surface area contributed by atoms with E-state index in [1.54, 1.807) is 0 Å². The Labute approximate surface area is 243 Å². The number of aryl methyl sites for hydroxylation is 1. The zero-order chi connectivity index (χ0) is 28.9. The molecule has 3 N–H and O–H groups in total. The Bertz CT molecular complexity index is 1370. The van der Waals surface area contributed by atoms with Crippen LogP contribution in [0, 0.1) is 6.92 Å². The molecular formula is C30H33ClN4O4S. The third kappa shape index (κ3) is 6.83. The number of carbonyl (C=O) groups excluding carboxylic acids is 3. The fourth-order valence-electron chi connectivity index (χ4n) is 4.74. The topological polar surface area (TPSA) is 112 Å². The fourth-order valence-corrected chi connectivity index (χ4v) is 6.07. The number of hydrogen-bond acceptors (Lipinski definition) is 6. The molecule has 0 aliphatic carbocycles. The molecule has 2 aromatic carbocycles. The van der Waals surface area contributed by atoms with Gasteiger partial charge in [-0.2, -0.15) is 0 Å². The summed E-state index contributed by atoms with van der Waals surface area (Å²) in [6.45, 7) is 6.11. The van der Waals surface area contributed by atoms with E-state index in [2.05, 4.69) is 15.6 Å². The lowest BCUT2D eigenvalue weighted by molar-refractivity contribution is -0.147. The number of rotatable bonds is 9. The van der Waals surface area contributed by atoms with Crippen LogP contribution in [0.1, 0.15) is 40.9 Å². The Morgan fingerprint density at radius 3 is 2.52 bits per heavy atom. The van der Waals surface area contributed by atoms with E-state index in [9.17, 15) is 19.5 Å². The van der Waals surface area contributed by atoms with Crippen molar-refractivity contribution in [2.24, 2.45) is 0 Å². The fraction of sp³-hybridized carbons (Fsp3) is 0.333. The minimum Gasteiger partial charge on any atom is -0.381 e. The largest absolute Gasteiger partial charge is 0.381 e. The van der Waals surface area contributed by atoms with Gasteiger partial charge in [0.25, 0.3) is 11.8 Å². The van der Waals surface area contributed by atoms with Gasteiger partial charge in [0.1, 0.15) is 6.04 Å². The summed E-state index contributed by atoms with van der Waals surface area (Å²) >= 11 is 7.65. The number of hydrogen-bond donors (Lipinski definition) is 3. The number of amides is 3. The van der Waals surface area contributed by atoms with Crippen molar-refractivity contribution in [2.45, 2.75) is 56.7 Å². The highest BCUT2D eigenvalue weighted by Gasteiger charge is 2.49. The molecule has 0 bridgehead atoms. The van der Waals surface area contributed by atoms with Crippen molar-refractivity contribution in [3.8, 4) is 0 Å². The number of aromatic nitrogens is 1. The smallest absolute Gasteiger partial charge is 0.254 e. The van der Waals surface area contributed by atoms with Gasteiger partial charge < -0.3 is 20.6 Å². The summed E-state index contributed by atoms with van der Waals surface area (Å²) in [5.41, 5.74) is 2.99. The van der Waals surface area contributed by atoms with Gasteiger partial charge in [-0.05, 0) is 49.9 Å². The molecule has 1 aromatic heterocycles. The molecule has 3 atom stereocenters. The van der Waals surface area contributed by atoms with Crippen LogP contribution in [-0.2, 0) is 22.6 Å². The Kier molecular flexibility index (Phi) is 9.50. The second-order valence-electron chi connectivity index (χ2n) is 10.3. The monoisotopic (exact) mass is 580 g/mol. The predicted molar refractivity (Wildman–Crippen MR) is 157 cm³/mol. The van der Waals surface area contributed by atoms with Crippen LogP contribution in [0.5, 0.6) is 0 Å². The van der Waals surface area contributed by atoms with Gasteiger partial charge in [-0.3, -0.25) is 19.4 Å². The molecule has 3 aromatic rings.